The maximum absolute atomic E-state index is 12.7. The molecule has 3 rings (SSSR count). The van der Waals surface area contributed by atoms with Crippen LogP contribution in [0.3, 0.4) is 0 Å². The minimum Gasteiger partial charge on any atom is -0.342 e. The molecular weight excluding hydrogens is 356 g/mol. The Morgan fingerprint density at radius 1 is 1.30 bits per heavy atom. The van der Waals surface area contributed by atoms with E-state index < -0.39 is 0 Å². The predicted molar refractivity (Wildman–Crippen MR) is 94.3 cm³/mol. The van der Waals surface area contributed by atoms with Crippen LogP contribution in [0.25, 0.3) is 0 Å². The van der Waals surface area contributed by atoms with Crippen LogP contribution in [-0.2, 0) is 9.59 Å². The van der Waals surface area contributed by atoms with Crippen molar-refractivity contribution in [1.82, 2.24) is 4.90 Å². The van der Waals surface area contributed by atoms with E-state index in [1.54, 1.807) is 4.90 Å². The second kappa shape index (κ2) is 6.63. The molecule has 2 amide bonds. The average molecular weight is 379 g/mol. The van der Waals surface area contributed by atoms with Gasteiger partial charge >= 0.3 is 0 Å². The fraction of sp³-hybridized carbons (Fsp3) is 0.556. The molecule has 2 unspecified atom stereocenters. The van der Waals surface area contributed by atoms with Gasteiger partial charge in [0.25, 0.3) is 0 Å². The third kappa shape index (κ3) is 3.44. The molecule has 2 atom stereocenters. The fourth-order valence-electron chi connectivity index (χ4n) is 3.57. The van der Waals surface area contributed by atoms with Gasteiger partial charge in [-0.1, -0.05) is 22.9 Å². The van der Waals surface area contributed by atoms with Gasteiger partial charge in [-0.25, -0.2) is 0 Å². The van der Waals surface area contributed by atoms with E-state index in [1.807, 2.05) is 30.0 Å². The molecule has 0 spiro atoms. The lowest BCUT2D eigenvalue weighted by Gasteiger charge is -2.32. The number of nitrogens with zero attached hydrogens (tertiary/aromatic N) is 2. The zero-order chi connectivity index (χ0) is 16.6. The first-order valence-corrected chi connectivity index (χ1v) is 9.10. The molecule has 2 aliphatic heterocycles. The lowest BCUT2D eigenvalue weighted by Crippen LogP contribution is -2.43. The second-order valence-electron chi connectivity index (χ2n) is 6.87. The molecule has 0 N–H and O–H groups in total. The van der Waals surface area contributed by atoms with Crippen LogP contribution in [0.4, 0.5) is 5.69 Å². The highest BCUT2D eigenvalue weighted by Gasteiger charge is 2.38. The normalized spacial score (nSPS) is 25.1. The Morgan fingerprint density at radius 2 is 2.09 bits per heavy atom. The van der Waals surface area contributed by atoms with E-state index in [-0.39, 0.29) is 17.7 Å². The summed E-state index contributed by atoms with van der Waals surface area (Å²) in [5.41, 5.74) is 1.98. The highest BCUT2D eigenvalue weighted by Crippen LogP contribution is 2.30. The predicted octanol–water partition coefficient (Wildman–Crippen LogP) is 3.37. The van der Waals surface area contributed by atoms with Gasteiger partial charge in [-0.15, -0.1) is 0 Å². The summed E-state index contributed by atoms with van der Waals surface area (Å²) in [6.07, 6.45) is 2.60. The zero-order valence-corrected chi connectivity index (χ0v) is 15.3. The third-order valence-corrected chi connectivity index (χ3v) is 5.79. The SMILES string of the molecule is Cc1cc(N2CC(C(=O)N3CCCC(C)C3)CC2=O)ccc1Br. The molecule has 2 heterocycles. The Balaban J connectivity index is 1.71. The van der Waals surface area contributed by atoms with Gasteiger partial charge in [0, 0.05) is 36.2 Å². The van der Waals surface area contributed by atoms with Crippen molar-refractivity contribution in [2.24, 2.45) is 11.8 Å². The van der Waals surface area contributed by atoms with Gasteiger partial charge in [0.1, 0.15) is 0 Å². The minimum atomic E-state index is -0.197. The van der Waals surface area contributed by atoms with Crippen LogP contribution in [0, 0.1) is 18.8 Å². The van der Waals surface area contributed by atoms with E-state index >= 15 is 0 Å². The lowest BCUT2D eigenvalue weighted by molar-refractivity contribution is -0.137. The standard InChI is InChI=1S/C18H23BrN2O2/c1-12-4-3-7-20(10-12)18(23)14-9-17(22)21(11-14)15-5-6-16(19)13(2)8-15/h5-6,8,12,14H,3-4,7,9-11H2,1-2H3. The molecule has 23 heavy (non-hydrogen) atoms. The summed E-state index contributed by atoms with van der Waals surface area (Å²) in [6.45, 7) is 6.37. The zero-order valence-electron chi connectivity index (χ0n) is 13.7. The van der Waals surface area contributed by atoms with Crippen molar-refractivity contribution in [2.75, 3.05) is 24.5 Å². The molecule has 0 aliphatic carbocycles. The van der Waals surface area contributed by atoms with E-state index in [2.05, 4.69) is 22.9 Å². The van der Waals surface area contributed by atoms with E-state index in [4.69, 9.17) is 0 Å². The van der Waals surface area contributed by atoms with Crippen LogP contribution in [0.15, 0.2) is 22.7 Å². The van der Waals surface area contributed by atoms with Crippen LogP contribution in [-0.4, -0.2) is 36.3 Å². The van der Waals surface area contributed by atoms with Crippen molar-refractivity contribution in [1.29, 1.82) is 0 Å². The molecule has 1 aromatic rings. The largest absolute Gasteiger partial charge is 0.342 e. The summed E-state index contributed by atoms with van der Waals surface area (Å²) in [7, 11) is 0. The number of benzene rings is 1. The Hall–Kier alpha value is -1.36. The summed E-state index contributed by atoms with van der Waals surface area (Å²) >= 11 is 3.48. The number of likely N-dealkylation sites (tertiary alicyclic amines) is 1. The molecule has 1 aromatic carbocycles. The number of piperidine rings is 1. The average Bonchev–Trinajstić information content (AvgIpc) is 2.91. The van der Waals surface area contributed by atoms with E-state index in [0.29, 0.717) is 18.9 Å². The Kier molecular flexibility index (Phi) is 4.76. The first-order chi connectivity index (χ1) is 11.0. The number of halogens is 1. The van der Waals surface area contributed by atoms with Crippen molar-refractivity contribution < 1.29 is 9.59 Å². The van der Waals surface area contributed by atoms with Crippen LogP contribution in [0.5, 0.6) is 0 Å². The molecule has 124 valence electrons. The third-order valence-electron chi connectivity index (χ3n) is 4.90. The highest BCUT2D eigenvalue weighted by molar-refractivity contribution is 9.10. The van der Waals surface area contributed by atoms with Gasteiger partial charge in [-0.3, -0.25) is 9.59 Å². The Bertz CT molecular complexity index is 631. The van der Waals surface area contributed by atoms with Gasteiger partial charge in [-0.05, 0) is 49.4 Å². The first-order valence-electron chi connectivity index (χ1n) is 8.31. The van der Waals surface area contributed by atoms with E-state index in [1.165, 1.54) is 6.42 Å². The van der Waals surface area contributed by atoms with Crippen molar-refractivity contribution in [2.45, 2.75) is 33.1 Å². The molecule has 5 heteroatoms. The number of carbonyl (C=O) groups is 2. The Morgan fingerprint density at radius 3 is 2.78 bits per heavy atom. The molecule has 0 radical (unpaired) electrons. The van der Waals surface area contributed by atoms with Crippen molar-refractivity contribution in [3.63, 3.8) is 0 Å². The van der Waals surface area contributed by atoms with Crippen LogP contribution in [0.1, 0.15) is 31.7 Å². The summed E-state index contributed by atoms with van der Waals surface area (Å²) < 4.78 is 1.03. The lowest BCUT2D eigenvalue weighted by atomic mass is 9.98. The number of hydrogen-bond donors (Lipinski definition) is 0. The first kappa shape index (κ1) is 16.5. The van der Waals surface area contributed by atoms with Gasteiger partial charge in [-0.2, -0.15) is 0 Å². The molecule has 0 saturated carbocycles. The number of amides is 2. The van der Waals surface area contributed by atoms with Crippen LogP contribution in [0.2, 0.25) is 0 Å². The van der Waals surface area contributed by atoms with Crippen molar-refractivity contribution in [3.05, 3.63) is 28.2 Å². The quantitative estimate of drug-likeness (QED) is 0.791. The van der Waals surface area contributed by atoms with Crippen LogP contribution < -0.4 is 4.90 Å². The summed E-state index contributed by atoms with van der Waals surface area (Å²) in [6, 6.07) is 5.89. The smallest absolute Gasteiger partial charge is 0.228 e. The maximum atomic E-state index is 12.7. The summed E-state index contributed by atoms with van der Waals surface area (Å²) in [4.78, 5) is 28.8. The highest BCUT2D eigenvalue weighted by atomic mass is 79.9. The summed E-state index contributed by atoms with van der Waals surface area (Å²) in [5.74, 6) is 0.572. The minimum absolute atomic E-state index is 0.0510. The summed E-state index contributed by atoms with van der Waals surface area (Å²) in [5, 5.41) is 0. The number of rotatable bonds is 2. The molecule has 2 aliphatic rings. The molecule has 2 saturated heterocycles. The Labute approximate surface area is 146 Å². The molecule has 0 bridgehead atoms. The number of hydrogen-bond acceptors (Lipinski definition) is 2. The molecule has 2 fully saturated rings. The van der Waals surface area contributed by atoms with Crippen molar-refractivity contribution >= 4 is 33.4 Å². The topological polar surface area (TPSA) is 40.6 Å². The molecule has 4 nitrogen and oxygen atoms in total. The fourth-order valence-corrected chi connectivity index (χ4v) is 3.81. The number of aryl methyl sites for hydroxylation is 1. The van der Waals surface area contributed by atoms with E-state index in [0.717, 1.165) is 35.2 Å². The number of carbonyl (C=O) groups excluding carboxylic acids is 2. The van der Waals surface area contributed by atoms with Gasteiger partial charge in [0.15, 0.2) is 0 Å². The maximum Gasteiger partial charge on any atom is 0.228 e. The van der Waals surface area contributed by atoms with Gasteiger partial charge in [0.2, 0.25) is 11.8 Å². The number of anilines is 1. The van der Waals surface area contributed by atoms with Gasteiger partial charge < -0.3 is 9.80 Å². The second-order valence-corrected chi connectivity index (χ2v) is 7.72. The van der Waals surface area contributed by atoms with E-state index in [9.17, 15) is 9.59 Å². The van der Waals surface area contributed by atoms with Crippen molar-refractivity contribution in [3.8, 4) is 0 Å². The molecule has 0 aromatic heterocycles. The van der Waals surface area contributed by atoms with Crippen LogP contribution >= 0.6 is 15.9 Å². The monoisotopic (exact) mass is 378 g/mol. The van der Waals surface area contributed by atoms with Gasteiger partial charge in [0.05, 0.1) is 5.92 Å². The molecular formula is C18H23BrN2O2.